The molecule has 174 valence electrons. The van der Waals surface area contributed by atoms with E-state index >= 15 is 0 Å². The Morgan fingerprint density at radius 3 is 2.22 bits per heavy atom. The lowest BCUT2D eigenvalue weighted by atomic mass is 10.1. The molecule has 2 aromatic rings. The molecule has 0 atom stereocenters. The van der Waals surface area contributed by atoms with Crippen LogP contribution in [0.15, 0.2) is 27.5 Å². The molecule has 1 aliphatic heterocycles. The van der Waals surface area contributed by atoms with Gasteiger partial charge in [-0.3, -0.25) is 9.59 Å². The highest BCUT2D eigenvalue weighted by molar-refractivity contribution is 7.89. The van der Waals surface area contributed by atoms with Gasteiger partial charge < -0.3 is 24.1 Å². The number of furan rings is 1. The number of benzene rings is 1. The van der Waals surface area contributed by atoms with Crippen molar-refractivity contribution in [2.24, 2.45) is 0 Å². The van der Waals surface area contributed by atoms with Crippen molar-refractivity contribution in [3.8, 4) is 11.5 Å². The van der Waals surface area contributed by atoms with Gasteiger partial charge in [0.2, 0.25) is 10.0 Å². The first kappa shape index (κ1) is 23.6. The van der Waals surface area contributed by atoms with Gasteiger partial charge >= 0.3 is 0 Å². The Kier molecular flexibility index (Phi) is 6.79. The summed E-state index contributed by atoms with van der Waals surface area (Å²) in [5.74, 6) is -0.489. The lowest BCUT2D eigenvalue weighted by Gasteiger charge is -2.17. The van der Waals surface area contributed by atoms with Crippen molar-refractivity contribution in [3.63, 3.8) is 0 Å². The van der Waals surface area contributed by atoms with E-state index in [-0.39, 0.29) is 33.6 Å². The van der Waals surface area contributed by atoms with E-state index in [0.717, 1.165) is 12.8 Å². The maximum Gasteiger partial charge on any atom is 0.291 e. The normalized spacial score (nSPS) is 14.3. The number of carbonyl (C=O) groups excluding carboxylic acids is 2. The molecule has 1 saturated heterocycles. The van der Waals surface area contributed by atoms with E-state index in [1.807, 2.05) is 0 Å². The van der Waals surface area contributed by atoms with Gasteiger partial charge in [-0.1, -0.05) is 0 Å². The molecule has 0 radical (unpaired) electrons. The van der Waals surface area contributed by atoms with Gasteiger partial charge in [0.05, 0.1) is 25.5 Å². The van der Waals surface area contributed by atoms with E-state index in [1.54, 1.807) is 14.1 Å². The number of amides is 2. The second-order valence-corrected chi connectivity index (χ2v) is 9.46. The summed E-state index contributed by atoms with van der Waals surface area (Å²) in [7, 11) is 2.28. The highest BCUT2D eigenvalue weighted by Crippen LogP contribution is 2.34. The van der Waals surface area contributed by atoms with Gasteiger partial charge in [-0.05, 0) is 25.8 Å². The van der Waals surface area contributed by atoms with E-state index in [9.17, 15) is 18.0 Å². The molecule has 10 nitrogen and oxygen atoms in total. The Balaban J connectivity index is 1.96. The van der Waals surface area contributed by atoms with E-state index < -0.39 is 15.9 Å². The zero-order valence-corrected chi connectivity index (χ0v) is 19.5. The fourth-order valence-electron chi connectivity index (χ4n) is 3.49. The van der Waals surface area contributed by atoms with Crippen LogP contribution in [0.1, 0.15) is 39.5 Å². The van der Waals surface area contributed by atoms with Gasteiger partial charge in [0.25, 0.3) is 11.8 Å². The van der Waals surface area contributed by atoms with E-state index in [2.05, 4.69) is 5.32 Å². The van der Waals surface area contributed by atoms with Crippen LogP contribution in [0, 0.1) is 6.92 Å². The molecule has 11 heteroatoms. The minimum atomic E-state index is -3.75. The molecule has 0 bridgehead atoms. The van der Waals surface area contributed by atoms with Gasteiger partial charge in [-0.25, -0.2) is 8.42 Å². The summed E-state index contributed by atoms with van der Waals surface area (Å²) in [6.45, 7) is 2.38. The summed E-state index contributed by atoms with van der Waals surface area (Å²) in [5.41, 5.74) is 0.346. The Bertz CT molecular complexity index is 1130. The minimum absolute atomic E-state index is 0.0403. The Morgan fingerprint density at radius 2 is 1.66 bits per heavy atom. The number of hydrogen-bond donors (Lipinski definition) is 1. The number of nitrogens with zero attached hydrogens (tertiary/aromatic N) is 2. The number of sulfonamides is 1. The zero-order valence-electron chi connectivity index (χ0n) is 18.7. The summed E-state index contributed by atoms with van der Waals surface area (Å²) in [6.07, 6.45) is 1.59. The van der Waals surface area contributed by atoms with Gasteiger partial charge in [0, 0.05) is 39.3 Å². The Labute approximate surface area is 187 Å². The molecular weight excluding hydrogens is 438 g/mol. The van der Waals surface area contributed by atoms with Crippen molar-refractivity contribution in [2.45, 2.75) is 24.7 Å². The van der Waals surface area contributed by atoms with Crippen molar-refractivity contribution in [1.29, 1.82) is 0 Å². The first-order chi connectivity index (χ1) is 15.1. The van der Waals surface area contributed by atoms with E-state index in [1.165, 1.54) is 48.5 Å². The number of hydrogen-bond acceptors (Lipinski definition) is 7. The molecule has 0 saturated carbocycles. The van der Waals surface area contributed by atoms with Gasteiger partial charge in [-0.15, -0.1) is 0 Å². The third-order valence-electron chi connectivity index (χ3n) is 5.19. The predicted molar refractivity (Wildman–Crippen MR) is 117 cm³/mol. The molecule has 1 aromatic heterocycles. The quantitative estimate of drug-likeness (QED) is 0.667. The third kappa shape index (κ3) is 4.44. The largest absolute Gasteiger partial charge is 0.493 e. The number of methoxy groups -OCH3 is 2. The molecule has 1 fully saturated rings. The van der Waals surface area contributed by atoms with Crippen LogP contribution in [0.5, 0.6) is 11.5 Å². The number of ether oxygens (including phenoxy) is 2. The highest BCUT2D eigenvalue weighted by Gasteiger charge is 2.32. The van der Waals surface area contributed by atoms with Crippen molar-refractivity contribution >= 4 is 27.5 Å². The average molecular weight is 466 g/mol. The zero-order chi connectivity index (χ0) is 23.6. The molecule has 32 heavy (non-hydrogen) atoms. The highest BCUT2D eigenvalue weighted by atomic mass is 32.2. The number of rotatable bonds is 7. The smallest absolute Gasteiger partial charge is 0.291 e. The minimum Gasteiger partial charge on any atom is -0.493 e. The van der Waals surface area contributed by atoms with Crippen molar-refractivity contribution in [3.05, 3.63) is 35.3 Å². The molecule has 0 aliphatic carbocycles. The van der Waals surface area contributed by atoms with Gasteiger partial charge in [0.15, 0.2) is 17.3 Å². The number of nitrogens with one attached hydrogen (secondary N) is 1. The fraction of sp³-hybridized carbons (Fsp3) is 0.429. The Hall–Kier alpha value is -3.05. The standard InChI is InChI=1S/C21H27N3O7S/c1-13-19(32(27,28)24-8-6-7-9-24)12-18(31-13)20(25)22-15-11-17(30-5)16(29-4)10-14(15)21(26)23(2)3/h10-12H,6-9H2,1-5H3,(H,22,25). The topological polar surface area (TPSA) is 118 Å². The molecule has 0 spiro atoms. The summed E-state index contributed by atoms with van der Waals surface area (Å²) in [5, 5.41) is 2.63. The van der Waals surface area contributed by atoms with Crippen LogP contribution < -0.4 is 14.8 Å². The maximum atomic E-state index is 12.9. The van der Waals surface area contributed by atoms with E-state index in [4.69, 9.17) is 13.9 Å². The third-order valence-corrected chi connectivity index (χ3v) is 7.19. The first-order valence-electron chi connectivity index (χ1n) is 9.99. The number of carbonyl (C=O) groups is 2. The van der Waals surface area contributed by atoms with Crippen LogP contribution in [-0.4, -0.2) is 70.8 Å². The summed E-state index contributed by atoms with van der Waals surface area (Å²) in [6, 6.07) is 4.14. The van der Waals surface area contributed by atoms with Crippen LogP contribution in [0.3, 0.4) is 0 Å². The monoisotopic (exact) mass is 465 g/mol. The lowest BCUT2D eigenvalue weighted by molar-refractivity contribution is 0.0828. The van der Waals surface area contributed by atoms with Crippen molar-refractivity contribution in [2.75, 3.05) is 46.7 Å². The maximum absolute atomic E-state index is 12.9. The molecule has 1 N–H and O–H groups in total. The van der Waals surface area contributed by atoms with Crippen LogP contribution in [0.25, 0.3) is 0 Å². The summed E-state index contributed by atoms with van der Waals surface area (Å²) < 4.78 is 43.1. The number of anilines is 1. The van der Waals surface area contributed by atoms with Crippen molar-refractivity contribution in [1.82, 2.24) is 9.21 Å². The fourth-order valence-corrected chi connectivity index (χ4v) is 5.16. The van der Waals surface area contributed by atoms with Gasteiger partial charge in [0.1, 0.15) is 10.7 Å². The molecule has 0 unspecified atom stereocenters. The SMILES string of the molecule is COc1cc(NC(=O)c2cc(S(=O)(=O)N3CCCC3)c(C)o2)c(C(=O)N(C)C)cc1OC. The van der Waals surface area contributed by atoms with Crippen LogP contribution >= 0.6 is 0 Å². The second-order valence-electron chi connectivity index (χ2n) is 7.55. The second kappa shape index (κ2) is 9.21. The average Bonchev–Trinajstić information content (AvgIpc) is 3.43. The molecule has 2 amide bonds. The number of aryl methyl sites for hydroxylation is 1. The van der Waals surface area contributed by atoms with Crippen LogP contribution in [0.2, 0.25) is 0 Å². The van der Waals surface area contributed by atoms with Crippen LogP contribution in [0.4, 0.5) is 5.69 Å². The molecule has 1 aliphatic rings. The predicted octanol–water partition coefficient (Wildman–Crippen LogP) is 2.34. The summed E-state index contributed by atoms with van der Waals surface area (Å²) in [4.78, 5) is 26.9. The lowest BCUT2D eigenvalue weighted by Crippen LogP contribution is -2.28. The first-order valence-corrected chi connectivity index (χ1v) is 11.4. The van der Waals surface area contributed by atoms with Crippen molar-refractivity contribution < 1.29 is 31.9 Å². The Morgan fingerprint density at radius 1 is 1.06 bits per heavy atom. The molecule has 2 heterocycles. The molecule has 1 aromatic carbocycles. The van der Waals surface area contributed by atoms with Gasteiger partial charge in [-0.2, -0.15) is 4.31 Å². The molecule has 3 rings (SSSR count). The van der Waals surface area contributed by atoms with Crippen LogP contribution in [-0.2, 0) is 10.0 Å². The molecular formula is C21H27N3O7S. The summed E-state index contributed by atoms with van der Waals surface area (Å²) >= 11 is 0. The van der Waals surface area contributed by atoms with E-state index in [0.29, 0.717) is 24.6 Å².